The Morgan fingerprint density at radius 1 is 1.29 bits per heavy atom. The molecule has 2 rings (SSSR count). The summed E-state index contributed by atoms with van der Waals surface area (Å²) < 4.78 is 5.76. The molecule has 1 amide bonds. The average Bonchev–Trinajstić information content (AvgIpc) is 2.99. The van der Waals surface area contributed by atoms with E-state index in [2.05, 4.69) is 5.32 Å². The van der Waals surface area contributed by atoms with Gasteiger partial charge in [0, 0.05) is 12.6 Å². The van der Waals surface area contributed by atoms with Gasteiger partial charge in [-0.05, 0) is 24.5 Å². The van der Waals surface area contributed by atoms with Gasteiger partial charge in [-0.25, -0.2) is 0 Å². The summed E-state index contributed by atoms with van der Waals surface area (Å²) in [5.41, 5.74) is 0.707. The number of benzene rings is 1. The van der Waals surface area contributed by atoms with Crippen molar-refractivity contribution < 1.29 is 14.6 Å². The van der Waals surface area contributed by atoms with Gasteiger partial charge in [0.05, 0.1) is 18.8 Å². The number of amides is 1. The van der Waals surface area contributed by atoms with E-state index in [1.165, 1.54) is 0 Å². The van der Waals surface area contributed by atoms with Gasteiger partial charge < -0.3 is 15.2 Å². The predicted octanol–water partition coefficient (Wildman–Crippen LogP) is 2.14. The first kappa shape index (κ1) is 15.7. The summed E-state index contributed by atoms with van der Waals surface area (Å²) in [4.78, 5) is 11.9. The molecule has 0 aliphatic heterocycles. The molecule has 1 aromatic rings. The lowest BCUT2D eigenvalue weighted by molar-refractivity contribution is -0.118. The zero-order chi connectivity index (χ0) is 15.0. The highest BCUT2D eigenvalue weighted by atomic mass is 16.5. The van der Waals surface area contributed by atoms with Crippen molar-refractivity contribution in [2.75, 3.05) is 19.8 Å². The SMILES string of the molecule is O=C(/C=C/c1ccccc1)NCC1(OCCO)CCCC1. The molecule has 1 aliphatic rings. The number of ether oxygens (including phenoxy) is 1. The minimum atomic E-state index is -0.293. The van der Waals surface area contributed by atoms with Crippen molar-refractivity contribution in [1.29, 1.82) is 0 Å². The van der Waals surface area contributed by atoms with E-state index in [1.807, 2.05) is 30.3 Å². The third-order valence-corrected chi connectivity index (χ3v) is 3.83. The molecular weight excluding hydrogens is 266 g/mol. The van der Waals surface area contributed by atoms with Crippen molar-refractivity contribution in [3.8, 4) is 0 Å². The number of aliphatic hydroxyl groups excluding tert-OH is 1. The molecule has 0 unspecified atom stereocenters. The Balaban J connectivity index is 1.83. The number of carbonyl (C=O) groups excluding carboxylic acids is 1. The van der Waals surface area contributed by atoms with Gasteiger partial charge in [0.2, 0.25) is 5.91 Å². The molecule has 1 saturated carbocycles. The maximum Gasteiger partial charge on any atom is 0.244 e. The zero-order valence-corrected chi connectivity index (χ0v) is 12.3. The van der Waals surface area contributed by atoms with Crippen LogP contribution in [-0.2, 0) is 9.53 Å². The minimum absolute atomic E-state index is 0.0175. The molecule has 4 heteroatoms. The topological polar surface area (TPSA) is 58.6 Å². The smallest absolute Gasteiger partial charge is 0.244 e. The molecule has 21 heavy (non-hydrogen) atoms. The van der Waals surface area contributed by atoms with Crippen LogP contribution in [0.25, 0.3) is 6.08 Å². The summed E-state index contributed by atoms with van der Waals surface area (Å²) in [5, 5.41) is 11.8. The van der Waals surface area contributed by atoms with E-state index in [0.29, 0.717) is 13.2 Å². The van der Waals surface area contributed by atoms with Crippen LogP contribution in [0, 0.1) is 0 Å². The van der Waals surface area contributed by atoms with Gasteiger partial charge in [-0.15, -0.1) is 0 Å². The first-order valence-electron chi connectivity index (χ1n) is 7.50. The molecule has 0 atom stereocenters. The molecule has 0 aromatic heterocycles. The van der Waals surface area contributed by atoms with Gasteiger partial charge in [0.1, 0.15) is 0 Å². The standard InChI is InChI=1S/C17H23NO3/c19-12-13-21-17(10-4-5-11-17)14-18-16(20)9-8-15-6-2-1-3-7-15/h1-3,6-9,19H,4-5,10-14H2,(H,18,20)/b9-8+. The Morgan fingerprint density at radius 3 is 2.67 bits per heavy atom. The molecule has 0 heterocycles. The summed E-state index contributed by atoms with van der Waals surface area (Å²) >= 11 is 0. The molecule has 0 saturated heterocycles. The van der Waals surface area contributed by atoms with Crippen LogP contribution < -0.4 is 5.32 Å². The van der Waals surface area contributed by atoms with E-state index in [9.17, 15) is 4.79 Å². The van der Waals surface area contributed by atoms with Gasteiger partial charge in [-0.1, -0.05) is 43.2 Å². The fraction of sp³-hybridized carbons (Fsp3) is 0.471. The van der Waals surface area contributed by atoms with Crippen molar-refractivity contribution in [1.82, 2.24) is 5.32 Å². The zero-order valence-electron chi connectivity index (χ0n) is 12.3. The molecule has 0 bridgehead atoms. The summed E-state index contributed by atoms with van der Waals surface area (Å²) in [6.07, 6.45) is 7.45. The second-order valence-corrected chi connectivity index (χ2v) is 5.42. The quantitative estimate of drug-likeness (QED) is 0.756. The average molecular weight is 289 g/mol. The third-order valence-electron chi connectivity index (χ3n) is 3.83. The Morgan fingerprint density at radius 2 is 2.00 bits per heavy atom. The Hall–Kier alpha value is -1.65. The number of nitrogens with one attached hydrogen (secondary N) is 1. The first-order chi connectivity index (χ1) is 10.2. The van der Waals surface area contributed by atoms with Crippen molar-refractivity contribution in [2.24, 2.45) is 0 Å². The van der Waals surface area contributed by atoms with Gasteiger partial charge >= 0.3 is 0 Å². The van der Waals surface area contributed by atoms with E-state index >= 15 is 0 Å². The second-order valence-electron chi connectivity index (χ2n) is 5.42. The Labute approximate surface area is 125 Å². The monoisotopic (exact) mass is 289 g/mol. The lowest BCUT2D eigenvalue weighted by Crippen LogP contribution is -2.43. The minimum Gasteiger partial charge on any atom is -0.394 e. The van der Waals surface area contributed by atoms with E-state index in [1.54, 1.807) is 12.2 Å². The summed E-state index contributed by atoms with van der Waals surface area (Å²) in [7, 11) is 0. The number of aliphatic hydroxyl groups is 1. The van der Waals surface area contributed by atoms with Gasteiger partial charge in [-0.3, -0.25) is 4.79 Å². The van der Waals surface area contributed by atoms with Crippen molar-refractivity contribution in [3.63, 3.8) is 0 Å². The lowest BCUT2D eigenvalue weighted by Gasteiger charge is -2.29. The van der Waals surface area contributed by atoms with Crippen molar-refractivity contribution in [3.05, 3.63) is 42.0 Å². The van der Waals surface area contributed by atoms with Crippen LogP contribution >= 0.6 is 0 Å². The van der Waals surface area contributed by atoms with Crippen LogP contribution in [0.2, 0.25) is 0 Å². The van der Waals surface area contributed by atoms with Crippen molar-refractivity contribution >= 4 is 12.0 Å². The normalized spacial score (nSPS) is 17.2. The third kappa shape index (κ3) is 4.99. The second kappa shape index (κ2) is 7.96. The van der Waals surface area contributed by atoms with E-state index in [0.717, 1.165) is 31.2 Å². The molecule has 0 spiro atoms. The number of hydrogen-bond acceptors (Lipinski definition) is 3. The predicted molar refractivity (Wildman–Crippen MR) is 82.7 cm³/mol. The van der Waals surface area contributed by atoms with Crippen LogP contribution in [-0.4, -0.2) is 36.4 Å². The highest BCUT2D eigenvalue weighted by molar-refractivity contribution is 5.91. The summed E-state index contributed by atoms with van der Waals surface area (Å²) in [6.45, 7) is 0.851. The Kier molecular flexibility index (Phi) is 5.96. The van der Waals surface area contributed by atoms with Gasteiger partial charge in [-0.2, -0.15) is 0 Å². The number of carbonyl (C=O) groups is 1. The van der Waals surface area contributed by atoms with Crippen molar-refractivity contribution in [2.45, 2.75) is 31.3 Å². The molecule has 4 nitrogen and oxygen atoms in total. The number of rotatable bonds is 7. The van der Waals surface area contributed by atoms with Gasteiger partial charge in [0.25, 0.3) is 0 Å². The molecule has 0 radical (unpaired) electrons. The van der Waals surface area contributed by atoms with Crippen LogP contribution in [0.5, 0.6) is 0 Å². The fourth-order valence-electron chi connectivity index (χ4n) is 2.70. The fourth-order valence-corrected chi connectivity index (χ4v) is 2.70. The maximum absolute atomic E-state index is 11.9. The lowest BCUT2D eigenvalue weighted by atomic mass is 10.0. The molecule has 114 valence electrons. The van der Waals surface area contributed by atoms with E-state index < -0.39 is 0 Å². The molecular formula is C17H23NO3. The van der Waals surface area contributed by atoms with Crippen LogP contribution in [0.4, 0.5) is 0 Å². The number of hydrogen-bond donors (Lipinski definition) is 2. The van der Waals surface area contributed by atoms with Gasteiger partial charge in [0.15, 0.2) is 0 Å². The maximum atomic E-state index is 11.9. The van der Waals surface area contributed by atoms with E-state index in [4.69, 9.17) is 9.84 Å². The molecule has 1 aromatic carbocycles. The van der Waals surface area contributed by atoms with Crippen LogP contribution in [0.1, 0.15) is 31.2 Å². The molecule has 1 fully saturated rings. The van der Waals surface area contributed by atoms with Crippen LogP contribution in [0.15, 0.2) is 36.4 Å². The molecule has 1 aliphatic carbocycles. The Bertz CT molecular complexity index is 464. The highest BCUT2D eigenvalue weighted by Gasteiger charge is 2.34. The van der Waals surface area contributed by atoms with Crippen LogP contribution in [0.3, 0.4) is 0 Å². The summed E-state index contributed by atoms with van der Waals surface area (Å²) in [5.74, 6) is -0.113. The van der Waals surface area contributed by atoms with E-state index in [-0.39, 0.29) is 18.1 Å². The largest absolute Gasteiger partial charge is 0.394 e. The highest BCUT2D eigenvalue weighted by Crippen LogP contribution is 2.32. The first-order valence-corrected chi connectivity index (χ1v) is 7.50. The summed E-state index contributed by atoms with van der Waals surface area (Å²) in [6, 6.07) is 9.72. The molecule has 2 N–H and O–H groups in total.